The van der Waals surface area contributed by atoms with Crippen molar-refractivity contribution in [2.24, 2.45) is 0 Å². The van der Waals surface area contributed by atoms with Crippen LogP contribution in [0.3, 0.4) is 0 Å². The average molecular weight is 438 g/mol. The van der Waals surface area contributed by atoms with Crippen LogP contribution in [0.1, 0.15) is 23.3 Å². The molecule has 0 aliphatic heterocycles. The molecule has 3 aromatic rings. The van der Waals surface area contributed by atoms with Crippen molar-refractivity contribution in [2.75, 3.05) is 11.9 Å². The predicted octanol–water partition coefficient (Wildman–Crippen LogP) is 5.11. The number of halogens is 1. The second kappa shape index (κ2) is 9.75. The average Bonchev–Trinajstić information content (AvgIpc) is 3.47. The van der Waals surface area contributed by atoms with Crippen molar-refractivity contribution in [3.63, 3.8) is 0 Å². The molecule has 1 fully saturated rings. The fraction of sp³-hybridized carbons (Fsp3) is 0.250. The number of benzene rings is 2. The second-order valence-electron chi connectivity index (χ2n) is 7.61. The Kier molecular flexibility index (Phi) is 6.62. The number of urea groups is 1. The largest absolute Gasteiger partial charge is 0.332 e. The van der Waals surface area contributed by atoms with Gasteiger partial charge in [0.05, 0.1) is 6.54 Å². The third-order valence-electron chi connectivity index (χ3n) is 5.13. The predicted molar refractivity (Wildman–Crippen MR) is 120 cm³/mol. The highest BCUT2D eigenvalue weighted by atomic mass is 32.1. The molecule has 7 heteroatoms. The van der Waals surface area contributed by atoms with Crippen molar-refractivity contribution >= 4 is 29.0 Å². The highest BCUT2D eigenvalue weighted by Crippen LogP contribution is 2.28. The standard InChI is InChI=1S/C24H24FN3O2S/c25-19-8-4-9-20(14-19)26-24(30)28(21-11-12-21)17-23(29)27(16-22-10-5-13-31-22)15-18-6-2-1-3-7-18/h1-10,13-14,21H,11-12,15-17H2,(H,26,30). The van der Waals surface area contributed by atoms with Gasteiger partial charge in [-0.05, 0) is 48.1 Å². The number of nitrogens with zero attached hydrogens (tertiary/aromatic N) is 2. The minimum Gasteiger partial charge on any atom is -0.332 e. The summed E-state index contributed by atoms with van der Waals surface area (Å²) in [6.45, 7) is 0.959. The highest BCUT2D eigenvalue weighted by molar-refractivity contribution is 7.09. The molecular formula is C24H24FN3O2S. The van der Waals surface area contributed by atoms with E-state index in [1.807, 2.05) is 47.8 Å². The molecule has 1 N–H and O–H groups in total. The van der Waals surface area contributed by atoms with Crippen molar-refractivity contribution in [2.45, 2.75) is 32.0 Å². The maximum absolute atomic E-state index is 13.5. The number of anilines is 1. The third-order valence-corrected chi connectivity index (χ3v) is 5.99. The molecule has 1 saturated carbocycles. The number of carbonyl (C=O) groups excluding carboxylic acids is 2. The quantitative estimate of drug-likeness (QED) is 0.532. The number of carbonyl (C=O) groups is 2. The van der Waals surface area contributed by atoms with E-state index in [1.165, 1.54) is 12.1 Å². The fourth-order valence-corrected chi connectivity index (χ4v) is 4.11. The summed E-state index contributed by atoms with van der Waals surface area (Å²) in [5.74, 6) is -0.532. The van der Waals surface area contributed by atoms with Gasteiger partial charge >= 0.3 is 6.03 Å². The third kappa shape index (κ3) is 5.92. The number of amides is 3. The first kappa shape index (κ1) is 21.1. The van der Waals surface area contributed by atoms with Crippen LogP contribution in [0, 0.1) is 5.82 Å². The number of thiophene rings is 1. The van der Waals surface area contributed by atoms with E-state index in [0.29, 0.717) is 18.8 Å². The second-order valence-corrected chi connectivity index (χ2v) is 8.65. The Morgan fingerprint density at radius 2 is 1.81 bits per heavy atom. The summed E-state index contributed by atoms with van der Waals surface area (Å²) in [5.41, 5.74) is 1.41. The molecule has 1 aliphatic rings. The SMILES string of the molecule is O=C(CN(C(=O)Nc1cccc(F)c1)C1CC1)N(Cc1ccccc1)Cc1cccs1. The molecule has 31 heavy (non-hydrogen) atoms. The lowest BCUT2D eigenvalue weighted by atomic mass is 10.2. The zero-order valence-corrected chi connectivity index (χ0v) is 17.9. The van der Waals surface area contributed by atoms with Gasteiger partial charge in [0, 0.05) is 23.2 Å². The maximum Gasteiger partial charge on any atom is 0.322 e. The molecule has 160 valence electrons. The van der Waals surface area contributed by atoms with Gasteiger partial charge in [-0.25, -0.2) is 9.18 Å². The van der Waals surface area contributed by atoms with E-state index < -0.39 is 5.82 Å². The monoisotopic (exact) mass is 437 g/mol. The van der Waals surface area contributed by atoms with Gasteiger partial charge in [-0.15, -0.1) is 11.3 Å². The molecule has 0 radical (unpaired) electrons. The molecule has 0 unspecified atom stereocenters. The molecule has 2 aromatic carbocycles. The van der Waals surface area contributed by atoms with Crippen LogP contribution in [0.25, 0.3) is 0 Å². The van der Waals surface area contributed by atoms with E-state index in [0.717, 1.165) is 23.3 Å². The Balaban J connectivity index is 1.47. The number of rotatable bonds is 8. The van der Waals surface area contributed by atoms with Gasteiger partial charge in [0.2, 0.25) is 5.91 Å². The van der Waals surface area contributed by atoms with Crippen LogP contribution in [0.4, 0.5) is 14.9 Å². The lowest BCUT2D eigenvalue weighted by Crippen LogP contribution is -2.45. The van der Waals surface area contributed by atoms with Crippen LogP contribution in [-0.4, -0.2) is 34.3 Å². The summed E-state index contributed by atoms with van der Waals surface area (Å²) in [7, 11) is 0. The van der Waals surface area contributed by atoms with Crippen molar-refractivity contribution in [3.8, 4) is 0 Å². The molecule has 4 rings (SSSR count). The van der Waals surface area contributed by atoms with Gasteiger partial charge in [0.15, 0.2) is 0 Å². The van der Waals surface area contributed by atoms with Crippen molar-refractivity contribution < 1.29 is 14.0 Å². The van der Waals surface area contributed by atoms with Crippen LogP contribution in [0.2, 0.25) is 0 Å². The van der Waals surface area contributed by atoms with Crippen molar-refractivity contribution in [1.29, 1.82) is 0 Å². The zero-order chi connectivity index (χ0) is 21.6. The van der Waals surface area contributed by atoms with Crippen LogP contribution >= 0.6 is 11.3 Å². The normalized spacial score (nSPS) is 12.9. The molecule has 1 aliphatic carbocycles. The Bertz CT molecular complexity index is 1020. The number of hydrogen-bond donors (Lipinski definition) is 1. The molecule has 1 heterocycles. The Labute approximate surface area is 185 Å². The van der Waals surface area contributed by atoms with Gasteiger partial charge in [0.25, 0.3) is 0 Å². The minimum absolute atomic E-state index is 0.00990. The maximum atomic E-state index is 13.5. The molecule has 0 atom stereocenters. The first-order valence-corrected chi connectivity index (χ1v) is 11.1. The first-order valence-electron chi connectivity index (χ1n) is 10.3. The smallest absolute Gasteiger partial charge is 0.322 e. The lowest BCUT2D eigenvalue weighted by molar-refractivity contribution is -0.133. The topological polar surface area (TPSA) is 52.7 Å². The van der Waals surface area contributed by atoms with E-state index in [4.69, 9.17) is 0 Å². The number of hydrogen-bond acceptors (Lipinski definition) is 3. The van der Waals surface area contributed by atoms with Gasteiger partial charge < -0.3 is 15.1 Å². The minimum atomic E-state index is -0.420. The number of nitrogens with one attached hydrogen (secondary N) is 1. The Morgan fingerprint density at radius 3 is 2.48 bits per heavy atom. The molecule has 0 bridgehead atoms. The molecule has 1 aromatic heterocycles. The van der Waals surface area contributed by atoms with Crippen molar-refractivity contribution in [3.05, 3.63) is 88.4 Å². The van der Waals surface area contributed by atoms with E-state index in [9.17, 15) is 14.0 Å². The molecule has 5 nitrogen and oxygen atoms in total. The zero-order valence-electron chi connectivity index (χ0n) is 17.0. The van der Waals surface area contributed by atoms with Crippen LogP contribution in [-0.2, 0) is 17.9 Å². The van der Waals surface area contributed by atoms with Gasteiger partial charge in [-0.2, -0.15) is 0 Å². The van der Waals surface area contributed by atoms with E-state index in [2.05, 4.69) is 5.32 Å². The van der Waals surface area contributed by atoms with Gasteiger partial charge in [-0.1, -0.05) is 42.5 Å². The van der Waals surface area contributed by atoms with Crippen molar-refractivity contribution in [1.82, 2.24) is 9.80 Å². The van der Waals surface area contributed by atoms with Crippen LogP contribution < -0.4 is 5.32 Å². The van der Waals surface area contributed by atoms with Gasteiger partial charge in [-0.3, -0.25) is 4.79 Å². The van der Waals surface area contributed by atoms with Gasteiger partial charge in [0.1, 0.15) is 12.4 Å². The van der Waals surface area contributed by atoms with Crippen LogP contribution in [0.5, 0.6) is 0 Å². The first-order chi connectivity index (χ1) is 15.1. The Hall–Kier alpha value is -3.19. The summed E-state index contributed by atoms with van der Waals surface area (Å²) in [5, 5.41) is 4.71. The summed E-state index contributed by atoms with van der Waals surface area (Å²) in [6, 6.07) is 19.2. The summed E-state index contributed by atoms with van der Waals surface area (Å²) in [6.07, 6.45) is 1.74. The fourth-order valence-electron chi connectivity index (χ4n) is 3.39. The lowest BCUT2D eigenvalue weighted by Gasteiger charge is -2.28. The summed E-state index contributed by atoms with van der Waals surface area (Å²) >= 11 is 1.60. The molecule has 0 saturated heterocycles. The van der Waals surface area contributed by atoms with E-state index in [1.54, 1.807) is 33.3 Å². The summed E-state index contributed by atoms with van der Waals surface area (Å²) in [4.78, 5) is 30.6. The van der Waals surface area contributed by atoms with Crippen LogP contribution in [0.15, 0.2) is 72.1 Å². The summed E-state index contributed by atoms with van der Waals surface area (Å²) < 4.78 is 13.5. The highest BCUT2D eigenvalue weighted by Gasteiger charge is 2.35. The van der Waals surface area contributed by atoms with E-state index in [-0.39, 0.29) is 24.5 Å². The van der Waals surface area contributed by atoms with E-state index >= 15 is 0 Å². The Morgan fingerprint density at radius 1 is 1.00 bits per heavy atom. The molecular weight excluding hydrogens is 413 g/mol. The molecule has 3 amide bonds. The molecule has 0 spiro atoms.